The highest BCUT2D eigenvalue weighted by Crippen LogP contribution is 2.00. The van der Waals surface area contributed by atoms with Gasteiger partial charge in [-0.3, -0.25) is 4.79 Å². The Morgan fingerprint density at radius 3 is 2.45 bits per heavy atom. The number of allylic oxidation sites excluding steroid dienone is 4. The topological polar surface area (TPSA) is 63.3 Å². The van der Waals surface area contributed by atoms with E-state index in [0.717, 1.165) is 0 Å². The standard InChI is InChI=1S/C8H11NO2/c1-3-4-5-7(6(2)10)8(9)11/h3-5,11H,1,9H2,2H3/b5-4-,8-7-. The predicted molar refractivity (Wildman–Crippen MR) is 43.9 cm³/mol. The molecule has 0 aromatic heterocycles. The lowest BCUT2D eigenvalue weighted by Crippen LogP contribution is -2.05. The molecular formula is C8H11NO2. The second-order valence-electron chi connectivity index (χ2n) is 1.95. The van der Waals surface area contributed by atoms with E-state index in [0.29, 0.717) is 0 Å². The lowest BCUT2D eigenvalue weighted by Gasteiger charge is -1.95. The SMILES string of the molecule is C=C/C=C\C(C(C)=O)=C(/N)O. The van der Waals surface area contributed by atoms with Crippen molar-refractivity contribution >= 4 is 5.78 Å². The van der Waals surface area contributed by atoms with E-state index in [2.05, 4.69) is 6.58 Å². The number of carbonyl (C=O) groups excluding carboxylic acids is 1. The highest BCUT2D eigenvalue weighted by atomic mass is 16.3. The number of rotatable bonds is 3. The second kappa shape index (κ2) is 4.33. The van der Waals surface area contributed by atoms with Crippen molar-refractivity contribution in [2.24, 2.45) is 5.73 Å². The molecule has 3 heteroatoms. The fourth-order valence-electron chi connectivity index (χ4n) is 0.547. The summed E-state index contributed by atoms with van der Waals surface area (Å²) in [4.78, 5) is 10.7. The number of ketones is 1. The Bertz CT molecular complexity index is 222. The van der Waals surface area contributed by atoms with Gasteiger partial charge in [0.25, 0.3) is 0 Å². The first-order chi connectivity index (χ1) is 5.09. The van der Waals surface area contributed by atoms with E-state index < -0.39 is 5.88 Å². The van der Waals surface area contributed by atoms with Gasteiger partial charge in [0.2, 0.25) is 0 Å². The summed E-state index contributed by atoms with van der Waals surface area (Å²) in [5.74, 6) is -0.737. The van der Waals surface area contributed by atoms with Crippen LogP contribution < -0.4 is 5.73 Å². The molecule has 60 valence electrons. The molecule has 11 heavy (non-hydrogen) atoms. The van der Waals surface area contributed by atoms with E-state index in [1.54, 1.807) is 0 Å². The van der Waals surface area contributed by atoms with E-state index in [1.807, 2.05) is 0 Å². The summed E-state index contributed by atoms with van der Waals surface area (Å²) in [6.45, 7) is 4.73. The third kappa shape index (κ3) is 3.25. The van der Waals surface area contributed by atoms with Crippen LogP contribution in [0.4, 0.5) is 0 Å². The highest BCUT2D eigenvalue weighted by Gasteiger charge is 2.02. The van der Waals surface area contributed by atoms with Gasteiger partial charge in [-0.1, -0.05) is 18.7 Å². The van der Waals surface area contributed by atoms with E-state index >= 15 is 0 Å². The Balaban J connectivity index is 4.64. The number of aliphatic hydroxyl groups excluding tert-OH is 1. The van der Waals surface area contributed by atoms with Crippen molar-refractivity contribution in [2.45, 2.75) is 6.92 Å². The molecule has 0 aromatic rings. The highest BCUT2D eigenvalue weighted by molar-refractivity contribution is 5.96. The van der Waals surface area contributed by atoms with Gasteiger partial charge in [0.15, 0.2) is 11.7 Å². The van der Waals surface area contributed by atoms with E-state index in [4.69, 9.17) is 10.8 Å². The van der Waals surface area contributed by atoms with Crippen molar-refractivity contribution in [3.05, 3.63) is 36.3 Å². The van der Waals surface area contributed by atoms with Gasteiger partial charge >= 0.3 is 0 Å². The molecule has 0 saturated heterocycles. The first-order valence-electron chi connectivity index (χ1n) is 3.08. The maximum atomic E-state index is 10.7. The Labute approximate surface area is 65.5 Å². The molecule has 0 unspecified atom stereocenters. The van der Waals surface area contributed by atoms with Crippen LogP contribution in [-0.2, 0) is 4.79 Å². The minimum Gasteiger partial charge on any atom is -0.494 e. The van der Waals surface area contributed by atoms with Crippen LogP contribution in [0.5, 0.6) is 0 Å². The molecule has 0 bridgehead atoms. The zero-order valence-electron chi connectivity index (χ0n) is 6.37. The van der Waals surface area contributed by atoms with E-state index in [9.17, 15) is 4.79 Å². The Kier molecular flexibility index (Phi) is 3.73. The summed E-state index contributed by atoms with van der Waals surface area (Å²) in [7, 11) is 0. The lowest BCUT2D eigenvalue weighted by molar-refractivity contribution is -0.113. The molecule has 3 N–H and O–H groups in total. The number of hydrogen-bond donors (Lipinski definition) is 2. The summed E-state index contributed by atoms with van der Waals surface area (Å²) in [5.41, 5.74) is 5.11. The second-order valence-corrected chi connectivity index (χ2v) is 1.95. The molecule has 0 aliphatic heterocycles. The first kappa shape index (κ1) is 9.49. The van der Waals surface area contributed by atoms with E-state index in [1.165, 1.54) is 25.2 Å². The number of carbonyl (C=O) groups is 1. The van der Waals surface area contributed by atoms with Gasteiger partial charge < -0.3 is 10.8 Å². The molecule has 0 aliphatic carbocycles. The van der Waals surface area contributed by atoms with Gasteiger partial charge in [0.05, 0.1) is 5.57 Å². The van der Waals surface area contributed by atoms with Crippen LogP contribution in [-0.4, -0.2) is 10.9 Å². The van der Waals surface area contributed by atoms with Crippen molar-refractivity contribution in [2.75, 3.05) is 0 Å². The molecule has 0 fully saturated rings. The number of nitrogens with two attached hydrogens (primary N) is 1. The van der Waals surface area contributed by atoms with Gasteiger partial charge in [-0.15, -0.1) is 0 Å². The zero-order valence-corrected chi connectivity index (χ0v) is 6.37. The summed E-state index contributed by atoms with van der Waals surface area (Å²) >= 11 is 0. The van der Waals surface area contributed by atoms with Crippen LogP contribution in [0.3, 0.4) is 0 Å². The molecule has 0 rings (SSSR count). The zero-order chi connectivity index (χ0) is 8.85. The fraction of sp³-hybridized carbons (Fsp3) is 0.125. The van der Waals surface area contributed by atoms with Gasteiger partial charge in [-0.25, -0.2) is 0 Å². The third-order valence-corrected chi connectivity index (χ3v) is 1.05. The van der Waals surface area contributed by atoms with Crippen molar-refractivity contribution in [3.63, 3.8) is 0 Å². The summed E-state index contributed by atoms with van der Waals surface area (Å²) in [5, 5.41) is 8.76. The van der Waals surface area contributed by atoms with E-state index in [-0.39, 0.29) is 11.4 Å². The van der Waals surface area contributed by atoms with Gasteiger partial charge in [0.1, 0.15) is 0 Å². The number of hydrogen-bond acceptors (Lipinski definition) is 3. The quantitative estimate of drug-likeness (QED) is 0.362. The maximum absolute atomic E-state index is 10.7. The smallest absolute Gasteiger partial charge is 0.192 e. The van der Waals surface area contributed by atoms with Gasteiger partial charge in [0, 0.05) is 0 Å². The first-order valence-corrected chi connectivity index (χ1v) is 3.08. The minimum absolute atomic E-state index is 0.102. The van der Waals surface area contributed by atoms with Crippen LogP contribution in [0.2, 0.25) is 0 Å². The molecule has 0 atom stereocenters. The molecule has 3 nitrogen and oxygen atoms in total. The molecule has 0 spiro atoms. The molecule has 0 aromatic carbocycles. The maximum Gasteiger partial charge on any atom is 0.192 e. The molecule has 0 saturated carbocycles. The van der Waals surface area contributed by atoms with Crippen molar-refractivity contribution in [1.82, 2.24) is 0 Å². The van der Waals surface area contributed by atoms with Crippen LogP contribution in [0.1, 0.15) is 6.92 Å². The summed E-state index contributed by atoms with van der Waals surface area (Å²) in [6, 6.07) is 0. The van der Waals surface area contributed by atoms with Crippen molar-refractivity contribution in [3.8, 4) is 0 Å². The third-order valence-electron chi connectivity index (χ3n) is 1.05. The molecule has 0 radical (unpaired) electrons. The molecule has 0 amide bonds. The average Bonchev–Trinajstić information content (AvgIpc) is 1.87. The number of Topliss-reactive ketones (excluding diaryl/α,β-unsaturated/α-hetero) is 1. The molecular weight excluding hydrogens is 142 g/mol. The monoisotopic (exact) mass is 153 g/mol. The number of aliphatic hydroxyl groups is 1. The Morgan fingerprint density at radius 1 is 1.64 bits per heavy atom. The summed E-state index contributed by atoms with van der Waals surface area (Å²) < 4.78 is 0. The minimum atomic E-state index is -0.462. The Morgan fingerprint density at radius 2 is 2.18 bits per heavy atom. The van der Waals surface area contributed by atoms with Crippen LogP contribution >= 0.6 is 0 Å². The Hall–Kier alpha value is -1.51. The van der Waals surface area contributed by atoms with Crippen molar-refractivity contribution in [1.29, 1.82) is 0 Å². The van der Waals surface area contributed by atoms with Crippen LogP contribution in [0, 0.1) is 0 Å². The van der Waals surface area contributed by atoms with Crippen LogP contribution in [0.15, 0.2) is 36.3 Å². The largest absolute Gasteiger partial charge is 0.494 e. The van der Waals surface area contributed by atoms with Gasteiger partial charge in [-0.05, 0) is 13.0 Å². The average molecular weight is 153 g/mol. The predicted octanol–water partition coefficient (Wildman–Crippen LogP) is 1.05. The normalized spacial score (nSPS) is 12.8. The molecule has 0 heterocycles. The van der Waals surface area contributed by atoms with Crippen LogP contribution in [0.25, 0.3) is 0 Å². The molecule has 0 aliphatic rings. The van der Waals surface area contributed by atoms with Gasteiger partial charge in [-0.2, -0.15) is 0 Å². The fourth-order valence-corrected chi connectivity index (χ4v) is 0.547. The summed E-state index contributed by atoms with van der Waals surface area (Å²) in [6.07, 6.45) is 4.43. The lowest BCUT2D eigenvalue weighted by atomic mass is 10.2. The van der Waals surface area contributed by atoms with Crippen molar-refractivity contribution < 1.29 is 9.90 Å².